The van der Waals surface area contributed by atoms with Crippen molar-refractivity contribution in [1.82, 2.24) is 4.98 Å². The summed E-state index contributed by atoms with van der Waals surface area (Å²) in [4.78, 5) is 4.83. The molecule has 4 aliphatic carbocycles. The molecule has 0 N–H and O–H groups in total. The van der Waals surface area contributed by atoms with Gasteiger partial charge in [-0.05, 0) is 90.7 Å². The van der Waals surface area contributed by atoms with Crippen LogP contribution in [0.5, 0.6) is 0 Å². The summed E-state index contributed by atoms with van der Waals surface area (Å²) in [5.41, 5.74) is 8.01. The minimum Gasteiger partial charge on any atom is -0.256 e. The maximum Gasteiger partial charge on any atom is 0.0702 e. The monoisotopic (exact) mass is 429 g/mol. The highest BCUT2D eigenvalue weighted by Crippen LogP contribution is 2.56. The Bertz CT molecular complexity index is 1020. The molecule has 1 nitrogen and oxygen atoms in total. The summed E-state index contributed by atoms with van der Waals surface area (Å²) in [5, 5.41) is 0. The van der Waals surface area contributed by atoms with Gasteiger partial charge in [-0.15, -0.1) is 0 Å². The summed E-state index contributed by atoms with van der Waals surface area (Å²) >= 11 is 3.65. The third-order valence-electron chi connectivity index (χ3n) is 7.35. The van der Waals surface area contributed by atoms with E-state index in [0.29, 0.717) is 0 Å². The van der Waals surface area contributed by atoms with Gasteiger partial charge in [-0.1, -0.05) is 52.3 Å². The zero-order chi connectivity index (χ0) is 18.7. The molecule has 3 aromatic rings. The molecule has 0 radical (unpaired) electrons. The number of pyridine rings is 1. The number of hydrogen-bond donors (Lipinski definition) is 0. The maximum absolute atomic E-state index is 4.83. The second-order valence-electron chi connectivity index (χ2n) is 9.06. The SMILES string of the molecule is Brc1ccccc1-c1ccc(-c2ccc3c(c2)C2CC4CC3C[C@H](C4)C2)nc1. The molecule has 0 amide bonds. The lowest BCUT2D eigenvalue weighted by atomic mass is 9.67. The first-order valence-electron chi connectivity index (χ1n) is 10.6. The van der Waals surface area contributed by atoms with Crippen LogP contribution >= 0.6 is 15.9 Å². The lowest BCUT2D eigenvalue weighted by Crippen LogP contribution is -2.25. The number of benzene rings is 2. The van der Waals surface area contributed by atoms with Crippen molar-refractivity contribution in [2.45, 2.75) is 43.9 Å². The van der Waals surface area contributed by atoms with Gasteiger partial charge in [0.25, 0.3) is 0 Å². The fraction of sp³-hybridized carbons (Fsp3) is 0.346. The highest BCUT2D eigenvalue weighted by molar-refractivity contribution is 9.10. The van der Waals surface area contributed by atoms with Crippen LogP contribution in [-0.2, 0) is 0 Å². The van der Waals surface area contributed by atoms with Crippen molar-refractivity contribution in [2.24, 2.45) is 11.8 Å². The average molecular weight is 430 g/mol. The van der Waals surface area contributed by atoms with Crippen LogP contribution in [0.3, 0.4) is 0 Å². The van der Waals surface area contributed by atoms with Gasteiger partial charge in [0.15, 0.2) is 0 Å². The van der Waals surface area contributed by atoms with E-state index in [1.165, 1.54) is 43.2 Å². The Morgan fingerprint density at radius 1 is 0.714 bits per heavy atom. The summed E-state index contributed by atoms with van der Waals surface area (Å²) in [5.74, 6) is 3.54. The van der Waals surface area contributed by atoms with Crippen LogP contribution in [0.1, 0.15) is 55.1 Å². The summed E-state index contributed by atoms with van der Waals surface area (Å²) in [6.07, 6.45) is 9.19. The van der Waals surface area contributed by atoms with E-state index in [9.17, 15) is 0 Å². The fourth-order valence-electron chi connectivity index (χ4n) is 6.24. The molecule has 1 heterocycles. The van der Waals surface area contributed by atoms with Crippen LogP contribution in [0.15, 0.2) is 65.3 Å². The molecule has 4 atom stereocenters. The smallest absolute Gasteiger partial charge is 0.0702 e. The molecule has 0 saturated heterocycles. The molecule has 28 heavy (non-hydrogen) atoms. The van der Waals surface area contributed by atoms with Gasteiger partial charge in [0.1, 0.15) is 0 Å². The summed E-state index contributed by atoms with van der Waals surface area (Å²) in [6, 6.07) is 19.9. The van der Waals surface area contributed by atoms with Gasteiger partial charge in [-0.3, -0.25) is 4.98 Å². The molecule has 0 aliphatic heterocycles. The Labute approximate surface area is 175 Å². The van der Waals surface area contributed by atoms with Crippen molar-refractivity contribution in [3.8, 4) is 22.4 Å². The molecular formula is C26H24BrN. The Kier molecular flexibility index (Phi) is 3.97. The zero-order valence-corrected chi connectivity index (χ0v) is 17.5. The van der Waals surface area contributed by atoms with Gasteiger partial charge in [0.05, 0.1) is 5.69 Å². The highest BCUT2D eigenvalue weighted by Gasteiger charge is 2.41. The van der Waals surface area contributed by atoms with E-state index < -0.39 is 0 Å². The summed E-state index contributed by atoms with van der Waals surface area (Å²) < 4.78 is 1.11. The van der Waals surface area contributed by atoms with Crippen molar-refractivity contribution in [2.75, 3.05) is 0 Å². The number of aromatic nitrogens is 1. The standard InChI is InChI=1S/C26H24BrN/c27-25-4-2-1-3-23(25)19-6-8-26(28-15-19)18-5-7-22-20-10-16-9-17(11-20)13-21(12-16)24(22)14-18/h1-8,14-17,20-21H,9-13H2/t16-,17?,20?,21?/m0/s1. The highest BCUT2D eigenvalue weighted by atomic mass is 79.9. The molecule has 0 spiro atoms. The molecule has 2 fully saturated rings. The van der Waals surface area contributed by atoms with Gasteiger partial charge in [-0.2, -0.15) is 0 Å². The van der Waals surface area contributed by atoms with Crippen LogP contribution in [0, 0.1) is 11.8 Å². The lowest BCUT2D eigenvalue weighted by molar-refractivity contribution is 0.166. The molecule has 7 rings (SSSR count). The number of nitrogens with zero attached hydrogens (tertiary/aromatic N) is 1. The first kappa shape index (κ1) is 17.0. The van der Waals surface area contributed by atoms with Gasteiger partial charge in [-0.25, -0.2) is 0 Å². The predicted molar refractivity (Wildman–Crippen MR) is 118 cm³/mol. The van der Waals surface area contributed by atoms with Gasteiger partial charge in [0, 0.05) is 21.8 Å². The Morgan fingerprint density at radius 3 is 2.14 bits per heavy atom. The number of halogens is 1. The second kappa shape index (κ2) is 6.56. The maximum atomic E-state index is 4.83. The van der Waals surface area contributed by atoms with Crippen LogP contribution in [0.2, 0.25) is 0 Å². The van der Waals surface area contributed by atoms with E-state index in [1.807, 2.05) is 12.3 Å². The molecule has 140 valence electrons. The summed E-state index contributed by atoms with van der Waals surface area (Å²) in [6.45, 7) is 0. The fourth-order valence-corrected chi connectivity index (χ4v) is 6.75. The predicted octanol–water partition coefficient (Wildman–Crippen LogP) is 7.57. The van der Waals surface area contributed by atoms with Gasteiger partial charge < -0.3 is 0 Å². The Morgan fingerprint density at radius 2 is 1.43 bits per heavy atom. The van der Waals surface area contributed by atoms with Crippen molar-refractivity contribution in [3.63, 3.8) is 0 Å². The minimum atomic E-state index is 0.783. The average Bonchev–Trinajstić information content (AvgIpc) is 2.89. The molecule has 2 saturated carbocycles. The molecule has 1 aromatic heterocycles. The molecule has 3 unspecified atom stereocenters. The zero-order valence-electron chi connectivity index (χ0n) is 15.9. The molecule has 2 aromatic carbocycles. The number of rotatable bonds is 2. The first-order chi connectivity index (χ1) is 13.7. The third-order valence-corrected chi connectivity index (χ3v) is 8.04. The Hall–Kier alpha value is -1.93. The largest absolute Gasteiger partial charge is 0.256 e. The van der Waals surface area contributed by atoms with Crippen LogP contribution in [0.25, 0.3) is 22.4 Å². The lowest BCUT2D eigenvalue weighted by Gasteiger charge is -2.38. The van der Waals surface area contributed by atoms with E-state index >= 15 is 0 Å². The van der Waals surface area contributed by atoms with E-state index in [2.05, 4.69) is 64.5 Å². The normalized spacial score (nSPS) is 27.5. The van der Waals surface area contributed by atoms with Crippen molar-refractivity contribution in [1.29, 1.82) is 0 Å². The number of hydrogen-bond acceptors (Lipinski definition) is 1. The van der Waals surface area contributed by atoms with E-state index in [4.69, 9.17) is 4.98 Å². The van der Waals surface area contributed by atoms with Crippen molar-refractivity contribution in [3.05, 3.63) is 76.4 Å². The third kappa shape index (κ3) is 2.76. The van der Waals surface area contributed by atoms with E-state index in [0.717, 1.165) is 39.4 Å². The minimum absolute atomic E-state index is 0.783. The quantitative estimate of drug-likeness (QED) is 0.409. The Balaban J connectivity index is 1.37. The topological polar surface area (TPSA) is 12.9 Å². The second-order valence-corrected chi connectivity index (χ2v) is 9.91. The first-order valence-corrected chi connectivity index (χ1v) is 11.4. The van der Waals surface area contributed by atoms with Crippen LogP contribution in [-0.4, -0.2) is 4.98 Å². The van der Waals surface area contributed by atoms with Crippen LogP contribution in [0.4, 0.5) is 0 Å². The molecule has 4 bridgehead atoms. The van der Waals surface area contributed by atoms with Gasteiger partial charge >= 0.3 is 0 Å². The van der Waals surface area contributed by atoms with Crippen molar-refractivity contribution >= 4 is 15.9 Å². The molecule has 4 aliphatic rings. The van der Waals surface area contributed by atoms with Crippen LogP contribution < -0.4 is 0 Å². The van der Waals surface area contributed by atoms with Gasteiger partial charge in [0.2, 0.25) is 0 Å². The molecular weight excluding hydrogens is 406 g/mol. The van der Waals surface area contributed by atoms with Crippen molar-refractivity contribution < 1.29 is 0 Å². The van der Waals surface area contributed by atoms with E-state index in [1.54, 1.807) is 11.1 Å². The van der Waals surface area contributed by atoms with E-state index in [-0.39, 0.29) is 0 Å². The molecule has 2 heteroatoms. The summed E-state index contributed by atoms with van der Waals surface area (Å²) in [7, 11) is 0.